The summed E-state index contributed by atoms with van der Waals surface area (Å²) in [5.41, 5.74) is 1.58. The van der Waals surface area contributed by atoms with Gasteiger partial charge >= 0.3 is 0 Å². The van der Waals surface area contributed by atoms with Gasteiger partial charge in [-0.2, -0.15) is 0 Å². The predicted octanol–water partition coefficient (Wildman–Crippen LogP) is 7.59. The zero-order chi connectivity index (χ0) is 24.2. The maximum Gasteiger partial charge on any atom is -0.00976 e. The molecule has 0 aliphatic heterocycles. The number of benzene rings is 4. The first-order valence-corrected chi connectivity index (χ1v) is 16.5. The molecule has 4 aromatic carbocycles. The Bertz CT molecular complexity index is 1030. The van der Waals surface area contributed by atoms with Gasteiger partial charge in [0.05, 0.1) is 0 Å². The molecule has 2 aliphatic rings. The first-order valence-electron chi connectivity index (χ1n) is 13.7. The Morgan fingerprint density at radius 1 is 0.361 bits per heavy atom. The van der Waals surface area contributed by atoms with Crippen LogP contribution in [0.25, 0.3) is 0 Å². The molecule has 2 saturated carbocycles. The molecule has 4 atom stereocenters. The molecule has 0 saturated heterocycles. The molecule has 2 aliphatic carbocycles. The largest absolute Gasteiger partial charge is 0.0622 e. The molecule has 182 valence electrons. The van der Waals surface area contributed by atoms with Gasteiger partial charge in [-0.3, -0.25) is 0 Å². The highest BCUT2D eigenvalue weighted by atomic mass is 31.1. The maximum atomic E-state index is 2.40. The van der Waals surface area contributed by atoms with Crippen LogP contribution in [0, 0.1) is 11.8 Å². The van der Waals surface area contributed by atoms with Crippen molar-refractivity contribution in [1.82, 2.24) is 0 Å². The first kappa shape index (κ1) is 24.1. The molecule has 0 radical (unpaired) electrons. The van der Waals surface area contributed by atoms with E-state index in [1.807, 2.05) is 0 Å². The molecule has 0 nitrogen and oxygen atoms in total. The Kier molecular flexibility index (Phi) is 7.65. The molecule has 6 rings (SSSR count). The molecule has 0 aromatic heterocycles. The molecule has 0 spiro atoms. The van der Waals surface area contributed by atoms with Gasteiger partial charge in [-0.25, -0.2) is 0 Å². The lowest BCUT2D eigenvalue weighted by atomic mass is 9.89. The van der Waals surface area contributed by atoms with Crippen molar-refractivity contribution in [1.29, 1.82) is 0 Å². The van der Waals surface area contributed by atoms with E-state index in [1.54, 1.807) is 21.2 Å². The fourth-order valence-electron chi connectivity index (χ4n) is 7.00. The van der Waals surface area contributed by atoms with Crippen molar-refractivity contribution in [2.75, 3.05) is 0 Å². The van der Waals surface area contributed by atoms with Gasteiger partial charge in [-0.1, -0.05) is 134 Å². The summed E-state index contributed by atoms with van der Waals surface area (Å²) in [7, 11) is -0.694. The van der Waals surface area contributed by atoms with E-state index in [-0.39, 0.29) is 15.8 Å². The van der Waals surface area contributed by atoms with Crippen molar-refractivity contribution >= 4 is 37.1 Å². The van der Waals surface area contributed by atoms with E-state index < -0.39 is 0 Å². The number of rotatable bonds is 7. The van der Waals surface area contributed by atoms with E-state index in [9.17, 15) is 0 Å². The number of hydrogen-bond donors (Lipinski definition) is 0. The van der Waals surface area contributed by atoms with Gasteiger partial charge in [0.15, 0.2) is 0 Å². The number of hydrogen-bond acceptors (Lipinski definition) is 0. The monoisotopic (exact) mass is 506 g/mol. The van der Waals surface area contributed by atoms with Crippen LogP contribution in [0.3, 0.4) is 0 Å². The predicted molar refractivity (Wildman–Crippen MR) is 160 cm³/mol. The molecule has 0 amide bonds. The molecule has 0 heterocycles. The van der Waals surface area contributed by atoms with Crippen LogP contribution < -0.4 is 21.2 Å². The van der Waals surface area contributed by atoms with Gasteiger partial charge in [-0.15, -0.1) is 0 Å². The molecular weight excluding hydrogens is 470 g/mol. The Balaban J connectivity index is 1.38. The van der Waals surface area contributed by atoms with E-state index in [0.29, 0.717) is 0 Å². The van der Waals surface area contributed by atoms with Gasteiger partial charge in [0.25, 0.3) is 0 Å². The molecule has 0 unspecified atom stereocenters. The smallest absolute Gasteiger partial charge is 0.00976 e. The summed E-state index contributed by atoms with van der Waals surface area (Å²) in [4.78, 5) is 0. The first-order chi connectivity index (χ1) is 17.9. The third kappa shape index (κ3) is 4.96. The van der Waals surface area contributed by atoms with Gasteiger partial charge in [0.2, 0.25) is 0 Å². The molecular formula is C34H36P2. The minimum atomic E-state index is -0.347. The average molecular weight is 507 g/mol. The quantitative estimate of drug-likeness (QED) is 0.227. The lowest BCUT2D eigenvalue weighted by Gasteiger charge is -2.38. The second-order valence-electron chi connectivity index (χ2n) is 10.4. The van der Waals surface area contributed by atoms with Crippen molar-refractivity contribution in [3.63, 3.8) is 0 Å². The average Bonchev–Trinajstić information content (AvgIpc) is 3.62. The van der Waals surface area contributed by atoms with Crippen molar-refractivity contribution < 1.29 is 0 Å². The third-order valence-electron chi connectivity index (χ3n) is 8.41. The molecule has 36 heavy (non-hydrogen) atoms. The zero-order valence-electron chi connectivity index (χ0n) is 21.0. The fourth-order valence-corrected chi connectivity index (χ4v) is 13.5. The minimum absolute atomic E-state index is 0.347. The summed E-state index contributed by atoms with van der Waals surface area (Å²) in [6.07, 6.45) is 8.39. The Morgan fingerprint density at radius 2 is 0.639 bits per heavy atom. The highest BCUT2D eigenvalue weighted by Crippen LogP contribution is 2.59. The van der Waals surface area contributed by atoms with E-state index in [0.717, 1.165) is 23.2 Å². The fraction of sp³-hybridized carbons (Fsp3) is 0.294. The van der Waals surface area contributed by atoms with Gasteiger partial charge in [-0.05, 0) is 85.9 Å². The Morgan fingerprint density at radius 3 is 0.917 bits per heavy atom. The van der Waals surface area contributed by atoms with E-state index in [1.165, 1.54) is 38.5 Å². The van der Waals surface area contributed by atoms with Gasteiger partial charge in [0, 0.05) is 0 Å². The Hall–Kier alpha value is -2.26. The van der Waals surface area contributed by atoms with Crippen molar-refractivity contribution in [3.8, 4) is 0 Å². The van der Waals surface area contributed by atoms with Crippen LogP contribution >= 0.6 is 15.8 Å². The summed E-state index contributed by atoms with van der Waals surface area (Å²) >= 11 is 0. The molecule has 4 aromatic rings. The van der Waals surface area contributed by atoms with Crippen LogP contribution in [0.15, 0.2) is 121 Å². The topological polar surface area (TPSA) is 0 Å². The molecule has 2 heteroatoms. The van der Waals surface area contributed by atoms with Crippen LogP contribution in [0.5, 0.6) is 0 Å². The SMILES string of the molecule is c1ccc(P(c2ccccc2)[C@H]2CCC[C@@H]2[C@H]2CCC[C@@H]2P(c2ccccc2)c2ccccc2)cc1. The van der Waals surface area contributed by atoms with Crippen molar-refractivity contribution in [2.24, 2.45) is 11.8 Å². The second kappa shape index (κ2) is 11.4. The van der Waals surface area contributed by atoms with Gasteiger partial charge in [0.1, 0.15) is 0 Å². The lowest BCUT2D eigenvalue weighted by molar-refractivity contribution is 0.358. The zero-order valence-corrected chi connectivity index (χ0v) is 22.8. The van der Waals surface area contributed by atoms with Crippen LogP contribution in [0.1, 0.15) is 38.5 Å². The highest BCUT2D eigenvalue weighted by Gasteiger charge is 2.46. The third-order valence-corrected chi connectivity index (χ3v) is 14.4. The highest BCUT2D eigenvalue weighted by molar-refractivity contribution is 7.74. The maximum absolute atomic E-state index is 2.40. The summed E-state index contributed by atoms with van der Waals surface area (Å²) in [5, 5.41) is 6.27. The minimum Gasteiger partial charge on any atom is -0.0622 e. The summed E-state index contributed by atoms with van der Waals surface area (Å²) < 4.78 is 0. The summed E-state index contributed by atoms with van der Waals surface area (Å²) in [5.74, 6) is 1.67. The molecule has 2 fully saturated rings. The normalized spacial score (nSPS) is 23.9. The van der Waals surface area contributed by atoms with Crippen molar-refractivity contribution in [2.45, 2.75) is 49.8 Å². The van der Waals surface area contributed by atoms with Crippen molar-refractivity contribution in [3.05, 3.63) is 121 Å². The summed E-state index contributed by atoms with van der Waals surface area (Å²) in [6.45, 7) is 0. The van der Waals surface area contributed by atoms with Gasteiger partial charge < -0.3 is 0 Å². The van der Waals surface area contributed by atoms with Crippen LogP contribution in [-0.2, 0) is 0 Å². The lowest BCUT2D eigenvalue weighted by Crippen LogP contribution is -2.34. The van der Waals surface area contributed by atoms with Crippen LogP contribution in [-0.4, -0.2) is 11.3 Å². The second-order valence-corrected chi connectivity index (χ2v) is 15.3. The standard InChI is InChI=1S/C34H36P2/c1-5-15-27(16-6-1)35(28-17-7-2-8-18-28)33-25-13-23-31(33)32-24-14-26-34(32)36(29-19-9-3-10-20-29)30-21-11-4-12-22-30/h1-12,15-22,31-34H,13-14,23-26H2/t31-,32-,33+,34+/m1/s1. The molecule has 0 bridgehead atoms. The van der Waals surface area contributed by atoms with Crippen LogP contribution in [0.4, 0.5) is 0 Å². The van der Waals surface area contributed by atoms with E-state index in [2.05, 4.69) is 121 Å². The van der Waals surface area contributed by atoms with E-state index >= 15 is 0 Å². The Labute approximate surface area is 219 Å². The summed E-state index contributed by atoms with van der Waals surface area (Å²) in [6, 6.07) is 45.9. The van der Waals surface area contributed by atoms with Crippen LogP contribution in [0.2, 0.25) is 0 Å². The molecule has 0 N–H and O–H groups in total. The van der Waals surface area contributed by atoms with E-state index in [4.69, 9.17) is 0 Å².